The Balaban J connectivity index is 1.49. The Morgan fingerprint density at radius 3 is 2.58 bits per heavy atom. The summed E-state index contributed by atoms with van der Waals surface area (Å²) >= 11 is 0. The predicted octanol–water partition coefficient (Wildman–Crippen LogP) is 2.27. The molecular formula is C21H20F2N6O3S. The third-order valence-corrected chi connectivity index (χ3v) is 7.24. The van der Waals surface area contributed by atoms with Crippen LogP contribution >= 0.6 is 0 Å². The van der Waals surface area contributed by atoms with E-state index in [1.165, 1.54) is 6.20 Å². The number of anilines is 3. The fourth-order valence-corrected chi connectivity index (χ4v) is 5.24. The number of fused-ring (bicyclic) bond motifs is 1. The van der Waals surface area contributed by atoms with Gasteiger partial charge in [0.2, 0.25) is 0 Å². The third kappa shape index (κ3) is 4.07. The Morgan fingerprint density at radius 2 is 1.82 bits per heavy atom. The molecular weight excluding hydrogens is 454 g/mol. The van der Waals surface area contributed by atoms with Crippen molar-refractivity contribution in [2.24, 2.45) is 0 Å². The molecule has 0 amide bonds. The fraction of sp³-hybridized carbons (Fsp3) is 0.286. The highest BCUT2D eigenvalue weighted by atomic mass is 32.2. The number of hydrogen-bond donors (Lipinski definition) is 1. The molecule has 2 aliphatic heterocycles. The van der Waals surface area contributed by atoms with Crippen LogP contribution in [0.15, 0.2) is 47.6 Å². The summed E-state index contributed by atoms with van der Waals surface area (Å²) in [4.78, 5) is 14.6. The highest BCUT2D eigenvalue weighted by Crippen LogP contribution is 2.33. The minimum absolute atomic E-state index is 0.0136. The molecule has 1 N–H and O–H groups in total. The van der Waals surface area contributed by atoms with Crippen LogP contribution in [0.5, 0.6) is 0 Å². The summed E-state index contributed by atoms with van der Waals surface area (Å²) in [5.74, 6) is -0.830. The summed E-state index contributed by atoms with van der Waals surface area (Å²) in [6.07, 6.45) is 3.15. The van der Waals surface area contributed by atoms with Gasteiger partial charge in [0, 0.05) is 31.4 Å². The van der Waals surface area contributed by atoms with Crippen molar-refractivity contribution in [1.82, 2.24) is 15.0 Å². The van der Waals surface area contributed by atoms with Crippen LogP contribution < -0.4 is 14.5 Å². The maximum Gasteiger partial charge on any atom is 0.268 e. The molecule has 1 saturated heterocycles. The van der Waals surface area contributed by atoms with Crippen molar-refractivity contribution in [3.63, 3.8) is 0 Å². The Hall–Kier alpha value is -3.38. The molecule has 2 aliphatic rings. The van der Waals surface area contributed by atoms with Crippen molar-refractivity contribution in [2.75, 3.05) is 53.9 Å². The molecule has 1 fully saturated rings. The lowest BCUT2D eigenvalue weighted by Crippen LogP contribution is -2.40. The Kier molecular flexibility index (Phi) is 5.54. The van der Waals surface area contributed by atoms with Gasteiger partial charge in [-0.25, -0.2) is 36.5 Å². The van der Waals surface area contributed by atoms with Gasteiger partial charge >= 0.3 is 0 Å². The molecule has 33 heavy (non-hydrogen) atoms. The number of pyridine rings is 1. The van der Waals surface area contributed by atoms with Gasteiger partial charge in [-0.1, -0.05) is 0 Å². The van der Waals surface area contributed by atoms with Crippen LogP contribution in [0.1, 0.15) is 0 Å². The maximum atomic E-state index is 14.3. The first-order valence-corrected chi connectivity index (χ1v) is 11.8. The van der Waals surface area contributed by atoms with Crippen molar-refractivity contribution in [2.45, 2.75) is 4.90 Å². The van der Waals surface area contributed by atoms with Crippen molar-refractivity contribution in [3.8, 4) is 11.3 Å². The maximum absolute atomic E-state index is 14.3. The lowest BCUT2D eigenvalue weighted by molar-refractivity contribution is 0.122. The van der Waals surface area contributed by atoms with Crippen LogP contribution in [0.25, 0.3) is 11.3 Å². The van der Waals surface area contributed by atoms with Crippen LogP contribution in [-0.2, 0) is 14.8 Å². The second-order valence-corrected chi connectivity index (χ2v) is 9.34. The number of nitrogens with one attached hydrogen (secondary N) is 1. The van der Waals surface area contributed by atoms with Crippen molar-refractivity contribution >= 4 is 27.5 Å². The van der Waals surface area contributed by atoms with E-state index >= 15 is 0 Å². The molecule has 0 bridgehead atoms. The molecule has 9 nitrogen and oxygen atoms in total. The Morgan fingerprint density at radius 1 is 1.00 bits per heavy atom. The van der Waals surface area contributed by atoms with Gasteiger partial charge in [0.15, 0.2) is 11.6 Å². The van der Waals surface area contributed by atoms with E-state index in [1.807, 2.05) is 12.1 Å². The SMILES string of the molecule is O=S(=O)(c1cc(F)ccc1F)N1CCNc2ncc(-c3ccc(N4CCOCC4)nc3)nc21. The molecule has 5 rings (SSSR count). The zero-order valence-corrected chi connectivity index (χ0v) is 18.2. The second-order valence-electron chi connectivity index (χ2n) is 7.51. The standard InChI is InChI=1S/C21H20F2N6O3S/c22-15-2-3-16(23)18(11-15)33(30,31)29-6-5-24-20-21(29)27-17(13-26-20)14-1-4-19(25-12-14)28-7-9-32-10-8-28/h1-4,11-13H,5-10H2,(H,24,26). The van der Waals surface area contributed by atoms with Crippen molar-refractivity contribution < 1.29 is 21.9 Å². The van der Waals surface area contributed by atoms with E-state index in [0.717, 1.165) is 35.3 Å². The van der Waals surface area contributed by atoms with Gasteiger partial charge in [-0.2, -0.15) is 0 Å². The normalized spacial score (nSPS) is 16.3. The molecule has 2 aromatic heterocycles. The van der Waals surface area contributed by atoms with Gasteiger partial charge < -0.3 is 15.0 Å². The molecule has 0 spiro atoms. The van der Waals surface area contributed by atoms with E-state index in [4.69, 9.17) is 4.74 Å². The van der Waals surface area contributed by atoms with Crippen LogP contribution in [0.2, 0.25) is 0 Å². The molecule has 172 valence electrons. The number of sulfonamides is 1. The summed E-state index contributed by atoms with van der Waals surface area (Å²) < 4.78 is 60.7. The highest BCUT2D eigenvalue weighted by Gasteiger charge is 2.33. The number of aromatic nitrogens is 3. The van der Waals surface area contributed by atoms with Crippen LogP contribution in [0, 0.1) is 11.6 Å². The minimum atomic E-state index is -4.41. The number of nitrogens with zero attached hydrogens (tertiary/aromatic N) is 5. The van der Waals surface area contributed by atoms with Gasteiger partial charge in [0.1, 0.15) is 22.3 Å². The summed E-state index contributed by atoms with van der Waals surface area (Å²) in [5, 5.41) is 2.99. The summed E-state index contributed by atoms with van der Waals surface area (Å²) in [5.41, 5.74) is 1.04. The highest BCUT2D eigenvalue weighted by molar-refractivity contribution is 7.92. The lowest BCUT2D eigenvalue weighted by Gasteiger charge is -2.29. The van der Waals surface area contributed by atoms with E-state index < -0.39 is 26.6 Å². The second kappa shape index (κ2) is 8.52. The van der Waals surface area contributed by atoms with Crippen LogP contribution in [0.4, 0.5) is 26.2 Å². The Bertz CT molecular complexity index is 1280. The van der Waals surface area contributed by atoms with E-state index in [1.54, 1.807) is 6.20 Å². The summed E-state index contributed by atoms with van der Waals surface area (Å²) in [6.45, 7) is 3.01. The fourth-order valence-electron chi connectivity index (χ4n) is 3.74. The smallest absolute Gasteiger partial charge is 0.268 e. The third-order valence-electron chi connectivity index (χ3n) is 5.44. The average molecular weight is 474 g/mol. The van der Waals surface area contributed by atoms with Crippen LogP contribution in [-0.4, -0.2) is 62.8 Å². The number of hydrogen-bond acceptors (Lipinski definition) is 8. The topological polar surface area (TPSA) is 101 Å². The minimum Gasteiger partial charge on any atom is -0.378 e. The first kappa shape index (κ1) is 21.5. The summed E-state index contributed by atoms with van der Waals surface area (Å²) in [6, 6.07) is 6.00. The van der Waals surface area contributed by atoms with Gasteiger partial charge in [0.25, 0.3) is 10.0 Å². The molecule has 0 saturated carbocycles. The molecule has 12 heteroatoms. The number of morpholine rings is 1. The number of halogens is 2. The number of ether oxygens (including phenoxy) is 1. The van der Waals surface area contributed by atoms with E-state index in [9.17, 15) is 17.2 Å². The average Bonchev–Trinajstić information content (AvgIpc) is 2.85. The van der Waals surface area contributed by atoms with Crippen molar-refractivity contribution in [1.29, 1.82) is 0 Å². The van der Waals surface area contributed by atoms with Crippen LogP contribution in [0.3, 0.4) is 0 Å². The first-order chi connectivity index (χ1) is 15.9. The van der Waals surface area contributed by atoms with E-state index in [-0.39, 0.29) is 24.7 Å². The molecule has 4 heterocycles. The quantitative estimate of drug-likeness (QED) is 0.615. The van der Waals surface area contributed by atoms with Gasteiger partial charge in [-0.3, -0.25) is 0 Å². The van der Waals surface area contributed by atoms with Gasteiger partial charge in [-0.15, -0.1) is 0 Å². The number of rotatable bonds is 4. The van der Waals surface area contributed by atoms with Gasteiger partial charge in [0.05, 0.1) is 31.6 Å². The zero-order valence-electron chi connectivity index (χ0n) is 17.4. The van der Waals surface area contributed by atoms with E-state index in [0.29, 0.717) is 30.5 Å². The number of benzene rings is 1. The monoisotopic (exact) mass is 474 g/mol. The first-order valence-electron chi connectivity index (χ1n) is 10.3. The molecule has 0 unspecified atom stereocenters. The molecule has 0 radical (unpaired) electrons. The van der Waals surface area contributed by atoms with Crippen molar-refractivity contribution in [3.05, 3.63) is 54.4 Å². The molecule has 3 aromatic rings. The predicted molar refractivity (Wildman–Crippen MR) is 118 cm³/mol. The molecule has 0 aliphatic carbocycles. The van der Waals surface area contributed by atoms with E-state index in [2.05, 4.69) is 25.2 Å². The zero-order chi connectivity index (χ0) is 23.0. The van der Waals surface area contributed by atoms with Gasteiger partial charge in [-0.05, 0) is 30.3 Å². The lowest BCUT2D eigenvalue weighted by atomic mass is 10.2. The molecule has 1 aromatic carbocycles. The largest absolute Gasteiger partial charge is 0.378 e. The molecule has 0 atom stereocenters. The Labute approximate surface area is 189 Å². The summed E-state index contributed by atoms with van der Waals surface area (Å²) in [7, 11) is -4.41.